The van der Waals surface area contributed by atoms with Crippen molar-refractivity contribution in [1.29, 1.82) is 0 Å². The number of carbonyl (C=O) groups is 1. The third kappa shape index (κ3) is 4.88. The predicted octanol–water partition coefficient (Wildman–Crippen LogP) is 2.91. The Balaban J connectivity index is 2.35. The fraction of sp³-hybridized carbons (Fsp3) is 0.769. The Bertz CT molecular complexity index is 217. The predicted molar refractivity (Wildman–Crippen MR) is 60.2 cm³/mol. The van der Waals surface area contributed by atoms with Crippen LogP contribution in [-0.2, 0) is 9.53 Å². The molecule has 2 heteroatoms. The van der Waals surface area contributed by atoms with E-state index in [1.807, 2.05) is 0 Å². The first-order chi connectivity index (χ1) is 7.34. The highest BCUT2D eigenvalue weighted by Gasteiger charge is 2.19. The molecule has 1 saturated carbocycles. The molecule has 0 unspecified atom stereocenters. The van der Waals surface area contributed by atoms with Gasteiger partial charge in [-0.2, -0.15) is 0 Å². The van der Waals surface area contributed by atoms with Gasteiger partial charge in [-0.05, 0) is 12.8 Å². The number of hydrogen-bond acceptors (Lipinski definition) is 2. The lowest BCUT2D eigenvalue weighted by molar-refractivity contribution is -0.147. The van der Waals surface area contributed by atoms with Gasteiger partial charge in [-0.25, -0.2) is 0 Å². The summed E-state index contributed by atoms with van der Waals surface area (Å²) in [7, 11) is 0. The fourth-order valence-corrected chi connectivity index (χ4v) is 2.10. The third-order valence-corrected chi connectivity index (χ3v) is 2.99. The van der Waals surface area contributed by atoms with Crippen LogP contribution in [0.3, 0.4) is 0 Å². The Morgan fingerprint density at radius 2 is 1.67 bits per heavy atom. The van der Waals surface area contributed by atoms with Crippen LogP contribution in [0.2, 0.25) is 0 Å². The second-order valence-electron chi connectivity index (χ2n) is 4.21. The molecule has 0 heterocycles. The van der Waals surface area contributed by atoms with Gasteiger partial charge in [0.25, 0.3) is 0 Å². The summed E-state index contributed by atoms with van der Waals surface area (Å²) in [6.45, 7) is 0.120. The third-order valence-electron chi connectivity index (χ3n) is 2.99. The zero-order chi connectivity index (χ0) is 10.9. The van der Waals surface area contributed by atoms with Gasteiger partial charge in [0.1, 0.15) is 0 Å². The van der Waals surface area contributed by atoms with Crippen molar-refractivity contribution in [3.05, 3.63) is 0 Å². The Hall–Kier alpha value is -0.970. The van der Waals surface area contributed by atoms with Crippen molar-refractivity contribution < 1.29 is 9.53 Å². The minimum Gasteiger partial charge on any atom is -0.452 e. The molecule has 0 N–H and O–H groups in total. The quantitative estimate of drug-likeness (QED) is 0.515. The van der Waals surface area contributed by atoms with Crippen LogP contribution in [0.5, 0.6) is 0 Å². The minimum absolute atomic E-state index is 0.0881. The smallest absolute Gasteiger partial charge is 0.309 e. The van der Waals surface area contributed by atoms with Crippen LogP contribution in [-0.4, -0.2) is 12.6 Å². The average Bonchev–Trinajstić information content (AvgIpc) is 2.38. The molecule has 1 fully saturated rings. The van der Waals surface area contributed by atoms with Gasteiger partial charge < -0.3 is 4.74 Å². The van der Waals surface area contributed by atoms with Gasteiger partial charge in [-0.3, -0.25) is 4.79 Å². The van der Waals surface area contributed by atoms with Crippen molar-refractivity contribution in [2.75, 3.05) is 6.61 Å². The highest BCUT2D eigenvalue weighted by Crippen LogP contribution is 2.22. The van der Waals surface area contributed by atoms with Gasteiger partial charge in [0.05, 0.1) is 5.92 Å². The number of ether oxygens (including phenoxy) is 1. The van der Waals surface area contributed by atoms with Crippen LogP contribution < -0.4 is 0 Å². The molecule has 84 valence electrons. The molecule has 0 radical (unpaired) electrons. The van der Waals surface area contributed by atoms with Crippen LogP contribution in [0.1, 0.15) is 51.4 Å². The second kappa shape index (κ2) is 7.34. The highest BCUT2D eigenvalue weighted by molar-refractivity contribution is 5.72. The molecule has 0 saturated heterocycles. The van der Waals surface area contributed by atoms with E-state index >= 15 is 0 Å². The first-order valence-corrected chi connectivity index (χ1v) is 5.94. The van der Waals surface area contributed by atoms with Gasteiger partial charge in [-0.15, -0.1) is 6.42 Å². The van der Waals surface area contributed by atoms with Crippen molar-refractivity contribution in [3.8, 4) is 12.3 Å². The lowest BCUT2D eigenvalue weighted by Gasteiger charge is -2.13. The summed E-state index contributed by atoms with van der Waals surface area (Å²) < 4.78 is 4.99. The molecule has 0 aromatic carbocycles. The summed E-state index contributed by atoms with van der Waals surface area (Å²) in [5.41, 5.74) is 0. The summed E-state index contributed by atoms with van der Waals surface area (Å²) in [6, 6.07) is 0. The van der Waals surface area contributed by atoms with Crippen LogP contribution in [0, 0.1) is 18.3 Å². The molecule has 0 aromatic heterocycles. The van der Waals surface area contributed by atoms with Crippen LogP contribution in [0.15, 0.2) is 0 Å². The molecule has 15 heavy (non-hydrogen) atoms. The van der Waals surface area contributed by atoms with E-state index in [2.05, 4.69) is 5.92 Å². The van der Waals surface area contributed by atoms with Gasteiger partial charge in [0.15, 0.2) is 6.61 Å². The lowest BCUT2D eigenvalue weighted by Crippen LogP contribution is -2.18. The Morgan fingerprint density at radius 1 is 1.13 bits per heavy atom. The van der Waals surface area contributed by atoms with Gasteiger partial charge in [0, 0.05) is 0 Å². The van der Waals surface area contributed by atoms with Crippen molar-refractivity contribution >= 4 is 5.97 Å². The maximum absolute atomic E-state index is 11.6. The summed E-state index contributed by atoms with van der Waals surface area (Å²) in [4.78, 5) is 11.6. The Kier molecular flexibility index (Phi) is 5.92. The first-order valence-electron chi connectivity index (χ1n) is 5.94. The second-order valence-corrected chi connectivity index (χ2v) is 4.21. The molecule has 0 atom stereocenters. The van der Waals surface area contributed by atoms with E-state index in [4.69, 9.17) is 11.2 Å². The summed E-state index contributed by atoms with van der Waals surface area (Å²) >= 11 is 0. The zero-order valence-corrected chi connectivity index (χ0v) is 9.34. The maximum Gasteiger partial charge on any atom is 0.309 e. The molecule has 2 nitrogen and oxygen atoms in total. The van der Waals surface area contributed by atoms with E-state index in [0.29, 0.717) is 0 Å². The van der Waals surface area contributed by atoms with Gasteiger partial charge in [0.2, 0.25) is 0 Å². The van der Waals surface area contributed by atoms with Crippen molar-refractivity contribution in [2.45, 2.75) is 51.4 Å². The Morgan fingerprint density at radius 3 is 2.20 bits per heavy atom. The van der Waals surface area contributed by atoms with E-state index in [1.165, 1.54) is 25.7 Å². The lowest BCUT2D eigenvalue weighted by atomic mass is 9.97. The molecular weight excluding hydrogens is 188 g/mol. The SMILES string of the molecule is C#CCOC(=O)C1CCCCCCCC1. The van der Waals surface area contributed by atoms with Gasteiger partial charge >= 0.3 is 5.97 Å². The van der Waals surface area contributed by atoms with E-state index in [0.717, 1.165) is 25.7 Å². The summed E-state index contributed by atoms with van der Waals surface area (Å²) in [5, 5.41) is 0. The number of esters is 1. The van der Waals surface area contributed by atoms with E-state index < -0.39 is 0 Å². The van der Waals surface area contributed by atoms with E-state index in [1.54, 1.807) is 0 Å². The van der Waals surface area contributed by atoms with Crippen molar-refractivity contribution in [1.82, 2.24) is 0 Å². The maximum atomic E-state index is 11.6. The largest absolute Gasteiger partial charge is 0.452 e. The summed E-state index contributed by atoms with van der Waals surface area (Å²) in [6.07, 6.45) is 14.4. The van der Waals surface area contributed by atoms with Crippen molar-refractivity contribution in [3.63, 3.8) is 0 Å². The number of hydrogen-bond donors (Lipinski definition) is 0. The van der Waals surface area contributed by atoms with E-state index in [-0.39, 0.29) is 18.5 Å². The summed E-state index contributed by atoms with van der Waals surface area (Å²) in [5.74, 6) is 2.34. The molecule has 0 bridgehead atoms. The monoisotopic (exact) mass is 208 g/mol. The van der Waals surface area contributed by atoms with E-state index in [9.17, 15) is 4.79 Å². The fourth-order valence-electron chi connectivity index (χ4n) is 2.10. The molecule has 1 aliphatic rings. The highest BCUT2D eigenvalue weighted by atomic mass is 16.5. The molecular formula is C13H20O2. The van der Waals surface area contributed by atoms with Crippen LogP contribution in [0.25, 0.3) is 0 Å². The molecule has 1 rings (SSSR count). The molecule has 0 aromatic rings. The number of rotatable bonds is 2. The van der Waals surface area contributed by atoms with Gasteiger partial charge in [-0.1, -0.05) is 44.4 Å². The standard InChI is InChI=1S/C13H20O2/c1-2-11-15-13(14)12-9-7-5-3-4-6-8-10-12/h1,12H,3-11H2. The van der Waals surface area contributed by atoms with Crippen molar-refractivity contribution in [2.24, 2.45) is 5.92 Å². The molecule has 1 aliphatic carbocycles. The zero-order valence-electron chi connectivity index (χ0n) is 9.34. The Labute approximate surface area is 92.4 Å². The number of carbonyl (C=O) groups excluding carboxylic acids is 1. The minimum atomic E-state index is -0.0881. The molecule has 0 amide bonds. The first kappa shape index (κ1) is 12.1. The van der Waals surface area contributed by atoms with Crippen LogP contribution >= 0.6 is 0 Å². The average molecular weight is 208 g/mol. The normalized spacial score (nSPS) is 19.4. The molecule has 0 aliphatic heterocycles. The topological polar surface area (TPSA) is 26.3 Å². The molecule has 0 spiro atoms. The number of terminal acetylenes is 1. The van der Waals surface area contributed by atoms with Crippen LogP contribution in [0.4, 0.5) is 0 Å².